The molecule has 9 heteroatoms. The molecule has 1 atom stereocenters. The lowest BCUT2D eigenvalue weighted by atomic mass is 9.94. The van der Waals surface area contributed by atoms with E-state index in [4.69, 9.17) is 20.9 Å². The van der Waals surface area contributed by atoms with Crippen LogP contribution in [0, 0.1) is 0 Å². The minimum absolute atomic E-state index is 0.213. The topological polar surface area (TPSA) is 80.5 Å². The quantitative estimate of drug-likeness (QED) is 0.348. The predicted molar refractivity (Wildman–Crippen MR) is 131 cm³/mol. The van der Waals surface area contributed by atoms with Gasteiger partial charge in [0.1, 0.15) is 5.75 Å². The van der Waals surface area contributed by atoms with Crippen LogP contribution in [0.4, 0.5) is 4.79 Å². The Kier molecular flexibility index (Phi) is 6.08. The first-order chi connectivity index (χ1) is 16.5. The number of methoxy groups -OCH3 is 1. The van der Waals surface area contributed by atoms with Gasteiger partial charge in [-0.25, -0.2) is 4.79 Å². The summed E-state index contributed by atoms with van der Waals surface area (Å²) in [7, 11) is 1.62. The van der Waals surface area contributed by atoms with Gasteiger partial charge >= 0.3 is 6.03 Å². The molecule has 7 nitrogen and oxygen atoms in total. The second-order valence-corrected chi connectivity index (χ2v) is 9.15. The molecule has 0 radical (unpaired) electrons. The molecule has 1 aliphatic rings. The summed E-state index contributed by atoms with van der Waals surface area (Å²) in [6.07, 6.45) is 0. The van der Waals surface area contributed by atoms with Crippen LogP contribution in [0.5, 0.6) is 5.75 Å². The van der Waals surface area contributed by atoms with Crippen LogP contribution in [0.15, 0.2) is 76.3 Å². The third-order valence-electron chi connectivity index (χ3n) is 5.70. The highest BCUT2D eigenvalue weighted by atomic mass is 35.5. The number of aromatic nitrogens is 2. The van der Waals surface area contributed by atoms with Crippen LogP contribution in [-0.4, -0.2) is 28.2 Å². The number of carbonyl (C=O) groups is 1. The Labute approximate surface area is 205 Å². The Balaban J connectivity index is 1.57. The first-order valence-corrected chi connectivity index (χ1v) is 11.8. The maximum atomic E-state index is 13.2. The molecule has 1 aliphatic heterocycles. The first-order valence-electron chi connectivity index (χ1n) is 10.6. The van der Waals surface area contributed by atoms with E-state index in [-0.39, 0.29) is 6.03 Å². The first kappa shape index (κ1) is 22.2. The van der Waals surface area contributed by atoms with Gasteiger partial charge in [-0.05, 0) is 53.8 Å². The van der Waals surface area contributed by atoms with E-state index in [9.17, 15) is 4.79 Å². The van der Waals surface area contributed by atoms with Gasteiger partial charge in [0.15, 0.2) is 0 Å². The molecule has 0 fully saturated rings. The van der Waals surface area contributed by atoms with Crippen LogP contribution >= 0.6 is 22.9 Å². The molecule has 0 saturated heterocycles. The zero-order valence-electron chi connectivity index (χ0n) is 18.5. The fourth-order valence-electron chi connectivity index (χ4n) is 3.91. The van der Waals surface area contributed by atoms with Gasteiger partial charge in [0.25, 0.3) is 5.89 Å². The molecule has 0 spiro atoms. The van der Waals surface area contributed by atoms with Crippen molar-refractivity contribution in [3.63, 3.8) is 0 Å². The van der Waals surface area contributed by atoms with Crippen LogP contribution in [0.25, 0.3) is 16.3 Å². The van der Waals surface area contributed by atoms with Gasteiger partial charge in [0.2, 0.25) is 5.82 Å². The third kappa shape index (κ3) is 4.30. The van der Waals surface area contributed by atoms with E-state index >= 15 is 0 Å². The van der Waals surface area contributed by atoms with Crippen molar-refractivity contribution in [3.05, 3.63) is 93.8 Å². The molecular formula is C25H21ClN4O3S. The molecular weight excluding hydrogens is 472 g/mol. The van der Waals surface area contributed by atoms with Crippen molar-refractivity contribution < 1.29 is 14.1 Å². The fourth-order valence-corrected chi connectivity index (χ4v) is 4.68. The lowest BCUT2D eigenvalue weighted by Crippen LogP contribution is -2.45. The number of hydrogen-bond donors (Lipinski definition) is 1. The molecule has 172 valence electrons. The zero-order chi connectivity index (χ0) is 23.7. The van der Waals surface area contributed by atoms with Crippen molar-refractivity contribution in [2.24, 2.45) is 0 Å². The average molecular weight is 493 g/mol. The molecule has 1 N–H and O–H groups in total. The van der Waals surface area contributed by atoms with E-state index in [0.29, 0.717) is 23.3 Å². The van der Waals surface area contributed by atoms with Crippen molar-refractivity contribution in [1.29, 1.82) is 0 Å². The van der Waals surface area contributed by atoms with E-state index in [2.05, 4.69) is 15.5 Å². The molecule has 2 aromatic carbocycles. The number of benzene rings is 2. The molecule has 0 saturated carbocycles. The SMILES string of the molecule is COc1ccc(CN2C(=O)NC(c3ccc(Cl)cc3)C(c3nc(-c4cccs4)no3)=C2C)cc1. The summed E-state index contributed by atoms with van der Waals surface area (Å²) in [5, 5.41) is 9.87. The van der Waals surface area contributed by atoms with Gasteiger partial charge in [-0.3, -0.25) is 4.90 Å². The van der Waals surface area contributed by atoms with E-state index in [0.717, 1.165) is 33.0 Å². The highest BCUT2D eigenvalue weighted by Gasteiger charge is 2.35. The number of amides is 2. The number of urea groups is 1. The number of allylic oxidation sites excluding steroid dienone is 1. The van der Waals surface area contributed by atoms with Gasteiger partial charge in [-0.15, -0.1) is 11.3 Å². The number of halogens is 1. The summed E-state index contributed by atoms with van der Waals surface area (Å²) in [6.45, 7) is 2.28. The highest BCUT2D eigenvalue weighted by Crippen LogP contribution is 2.38. The molecule has 5 rings (SSSR count). The summed E-state index contributed by atoms with van der Waals surface area (Å²) in [5.74, 6) is 1.63. The number of nitrogens with zero attached hydrogens (tertiary/aromatic N) is 3. The summed E-state index contributed by atoms with van der Waals surface area (Å²) >= 11 is 7.64. The Morgan fingerprint density at radius 3 is 2.59 bits per heavy atom. The number of rotatable bonds is 6. The zero-order valence-corrected chi connectivity index (χ0v) is 20.1. The minimum Gasteiger partial charge on any atom is -0.497 e. The molecule has 2 amide bonds. The largest absolute Gasteiger partial charge is 0.497 e. The number of hydrogen-bond acceptors (Lipinski definition) is 6. The summed E-state index contributed by atoms with van der Waals surface area (Å²) in [6, 6.07) is 18.2. The number of ether oxygens (including phenoxy) is 1. The third-order valence-corrected chi connectivity index (χ3v) is 6.82. The summed E-state index contributed by atoms with van der Waals surface area (Å²) < 4.78 is 10.9. The Hall–Kier alpha value is -3.62. The van der Waals surface area contributed by atoms with Crippen molar-refractivity contribution >= 4 is 34.5 Å². The lowest BCUT2D eigenvalue weighted by Gasteiger charge is -2.35. The molecule has 0 aliphatic carbocycles. The van der Waals surface area contributed by atoms with Gasteiger partial charge in [-0.1, -0.05) is 47.1 Å². The molecule has 3 heterocycles. The molecule has 0 bridgehead atoms. The predicted octanol–water partition coefficient (Wildman–Crippen LogP) is 6.16. The number of nitrogens with one attached hydrogen (secondary N) is 1. The molecule has 1 unspecified atom stereocenters. The van der Waals surface area contributed by atoms with Crippen LogP contribution < -0.4 is 10.1 Å². The van der Waals surface area contributed by atoms with Crippen LogP contribution in [0.2, 0.25) is 5.02 Å². The van der Waals surface area contributed by atoms with Crippen molar-refractivity contribution in [2.45, 2.75) is 19.5 Å². The maximum Gasteiger partial charge on any atom is 0.322 e. The number of carbonyl (C=O) groups excluding carboxylic acids is 1. The maximum absolute atomic E-state index is 13.2. The fraction of sp³-hybridized carbons (Fsp3) is 0.160. The second-order valence-electron chi connectivity index (χ2n) is 7.77. The smallest absolute Gasteiger partial charge is 0.322 e. The van der Waals surface area contributed by atoms with E-state index in [1.54, 1.807) is 24.1 Å². The van der Waals surface area contributed by atoms with Gasteiger partial charge < -0.3 is 14.6 Å². The van der Waals surface area contributed by atoms with Crippen molar-refractivity contribution in [2.75, 3.05) is 7.11 Å². The molecule has 34 heavy (non-hydrogen) atoms. The minimum atomic E-state index is -0.464. The van der Waals surface area contributed by atoms with Crippen LogP contribution in [0.3, 0.4) is 0 Å². The average Bonchev–Trinajstić information content (AvgIpc) is 3.55. The molecule has 4 aromatic rings. The highest BCUT2D eigenvalue weighted by molar-refractivity contribution is 7.13. The van der Waals surface area contributed by atoms with Gasteiger partial charge in [0, 0.05) is 10.7 Å². The normalized spacial score (nSPS) is 16.0. The summed E-state index contributed by atoms with van der Waals surface area (Å²) in [5.41, 5.74) is 3.31. The standard InChI is InChI=1S/C25H21ClN4O3S/c1-15-21(24-28-23(29-33-24)20-4-3-13-34-20)22(17-7-9-18(26)10-8-17)27-25(31)30(15)14-16-5-11-19(32-2)12-6-16/h3-13,22H,14H2,1-2H3,(H,27,31). The monoisotopic (exact) mass is 492 g/mol. The van der Waals surface area contributed by atoms with Crippen LogP contribution in [0.1, 0.15) is 30.0 Å². The lowest BCUT2D eigenvalue weighted by molar-refractivity contribution is 0.203. The molecule has 2 aromatic heterocycles. The van der Waals surface area contributed by atoms with Gasteiger partial charge in [0.05, 0.1) is 30.1 Å². The Bertz CT molecular complexity index is 1330. The van der Waals surface area contributed by atoms with E-state index in [1.165, 1.54) is 11.3 Å². The second kappa shape index (κ2) is 9.32. The van der Waals surface area contributed by atoms with Crippen molar-refractivity contribution in [3.8, 4) is 16.5 Å². The van der Waals surface area contributed by atoms with E-state index in [1.807, 2.05) is 60.8 Å². The summed E-state index contributed by atoms with van der Waals surface area (Å²) in [4.78, 5) is 20.5. The van der Waals surface area contributed by atoms with E-state index < -0.39 is 6.04 Å². The van der Waals surface area contributed by atoms with Crippen LogP contribution in [-0.2, 0) is 6.54 Å². The Morgan fingerprint density at radius 2 is 1.91 bits per heavy atom. The van der Waals surface area contributed by atoms with Crippen molar-refractivity contribution in [1.82, 2.24) is 20.4 Å². The van der Waals surface area contributed by atoms with Gasteiger partial charge in [-0.2, -0.15) is 4.98 Å². The number of thiophene rings is 1. The Morgan fingerprint density at radius 1 is 1.15 bits per heavy atom.